The summed E-state index contributed by atoms with van der Waals surface area (Å²) in [6.07, 6.45) is 3.71. The van der Waals surface area contributed by atoms with Crippen molar-refractivity contribution >= 4 is 44.8 Å². The molecule has 1 aliphatic rings. The number of hydrogen-bond donors (Lipinski definition) is 3. The molecular weight excluding hydrogens is 436 g/mol. The first-order valence-electron chi connectivity index (χ1n) is 9.68. The predicted molar refractivity (Wildman–Crippen MR) is 126 cm³/mol. The summed E-state index contributed by atoms with van der Waals surface area (Å²) >= 11 is 0. The molecule has 0 fully saturated rings. The highest BCUT2D eigenvalue weighted by atomic mass is 35.5. The summed E-state index contributed by atoms with van der Waals surface area (Å²) in [4.78, 5) is 15.4. The number of carbonyl (C=O) groups excluding carboxylic acids is 1. The molecule has 0 saturated heterocycles. The van der Waals surface area contributed by atoms with E-state index < -0.39 is 15.9 Å². The smallest absolute Gasteiger partial charge is 0.250 e. The first-order chi connectivity index (χ1) is 14.3. The molecule has 31 heavy (non-hydrogen) atoms. The van der Waals surface area contributed by atoms with Crippen LogP contribution in [0, 0.1) is 0 Å². The molecule has 164 valence electrons. The van der Waals surface area contributed by atoms with Crippen molar-refractivity contribution in [3.05, 3.63) is 65.4 Å². The highest BCUT2D eigenvalue weighted by Gasteiger charge is 2.22. The zero-order valence-electron chi connectivity index (χ0n) is 17.1. The molecule has 1 amide bonds. The van der Waals surface area contributed by atoms with Crippen molar-refractivity contribution in [1.29, 1.82) is 0 Å². The highest BCUT2D eigenvalue weighted by molar-refractivity contribution is 7.88. The number of halogens is 1. The lowest BCUT2D eigenvalue weighted by Gasteiger charge is -2.23. The van der Waals surface area contributed by atoms with E-state index in [1.54, 1.807) is 6.07 Å². The van der Waals surface area contributed by atoms with Gasteiger partial charge in [-0.05, 0) is 40.8 Å². The summed E-state index contributed by atoms with van der Waals surface area (Å²) in [5.41, 5.74) is 17.5. The summed E-state index contributed by atoms with van der Waals surface area (Å²) < 4.78 is 25.0. The minimum absolute atomic E-state index is 0. The summed E-state index contributed by atoms with van der Waals surface area (Å²) in [6.45, 7) is 1.15. The molecule has 4 rings (SSSR count). The lowest BCUT2D eigenvalue weighted by molar-refractivity contribution is 0.100. The van der Waals surface area contributed by atoms with Gasteiger partial charge in [0.15, 0.2) is 0 Å². The molecule has 1 aromatic heterocycles. The van der Waals surface area contributed by atoms with Crippen molar-refractivity contribution in [3.8, 4) is 11.1 Å². The monoisotopic (exact) mass is 460 g/mol. The van der Waals surface area contributed by atoms with Gasteiger partial charge in [-0.1, -0.05) is 36.4 Å². The van der Waals surface area contributed by atoms with Crippen molar-refractivity contribution in [3.63, 3.8) is 0 Å². The number of aromatic nitrogens is 1. The maximum atomic E-state index is 12.0. The van der Waals surface area contributed by atoms with E-state index in [1.807, 2.05) is 42.5 Å². The van der Waals surface area contributed by atoms with Gasteiger partial charge in [0.25, 0.3) is 5.91 Å². The number of nitrogens with zero attached hydrogens (tertiary/aromatic N) is 1. The van der Waals surface area contributed by atoms with E-state index in [0.29, 0.717) is 37.1 Å². The number of aromatic amines is 1. The topological polar surface area (TPSA) is 122 Å². The van der Waals surface area contributed by atoms with Crippen LogP contribution in [0.3, 0.4) is 0 Å². The number of nitrogens with two attached hydrogens (primary N) is 2. The largest absolute Gasteiger partial charge is 0.366 e. The van der Waals surface area contributed by atoms with Crippen LogP contribution in [0.15, 0.2) is 48.5 Å². The predicted octanol–water partition coefficient (Wildman–Crippen LogP) is 2.86. The minimum atomic E-state index is -3.22. The summed E-state index contributed by atoms with van der Waals surface area (Å²) in [6, 6.07) is 13.5. The molecular formula is C22H25ClN4O3S. The molecule has 0 spiro atoms. The van der Waals surface area contributed by atoms with Crippen molar-refractivity contribution in [2.75, 3.05) is 19.3 Å². The van der Waals surface area contributed by atoms with Crippen molar-refractivity contribution in [2.24, 2.45) is 11.5 Å². The number of hydrogen-bond acceptors (Lipinski definition) is 4. The molecule has 0 bridgehead atoms. The van der Waals surface area contributed by atoms with Crippen LogP contribution in [0.25, 0.3) is 27.6 Å². The van der Waals surface area contributed by atoms with Gasteiger partial charge in [0.05, 0.1) is 17.3 Å². The Bertz CT molecular complexity index is 1280. The third kappa shape index (κ3) is 4.38. The van der Waals surface area contributed by atoms with Crippen LogP contribution in [0.4, 0.5) is 0 Å². The molecule has 0 saturated carbocycles. The number of H-pyrrole nitrogens is 1. The Morgan fingerprint density at radius 3 is 2.52 bits per heavy atom. The number of benzene rings is 2. The maximum absolute atomic E-state index is 12.0. The molecule has 5 N–H and O–H groups in total. The molecule has 2 heterocycles. The fourth-order valence-corrected chi connectivity index (χ4v) is 4.76. The van der Waals surface area contributed by atoms with Gasteiger partial charge in [-0.2, -0.15) is 4.31 Å². The average molecular weight is 461 g/mol. The molecule has 0 atom stereocenters. The number of rotatable bonds is 5. The SMILES string of the molecule is CS(=O)(=O)N1CC=C(c2cc3c(-c4ccccc4CN)ccc(C(N)=O)c3[nH]2)CC1.Cl. The Morgan fingerprint density at radius 2 is 1.90 bits per heavy atom. The third-order valence-corrected chi connectivity index (χ3v) is 6.84. The van der Waals surface area contributed by atoms with E-state index in [9.17, 15) is 13.2 Å². The van der Waals surface area contributed by atoms with E-state index in [-0.39, 0.29) is 12.4 Å². The number of sulfonamides is 1. The first kappa shape index (κ1) is 23.0. The van der Waals surface area contributed by atoms with Crippen LogP contribution in [-0.4, -0.2) is 43.0 Å². The molecule has 7 nitrogen and oxygen atoms in total. The van der Waals surface area contributed by atoms with Gasteiger partial charge in [-0.15, -0.1) is 12.4 Å². The van der Waals surface area contributed by atoms with Gasteiger partial charge in [0.2, 0.25) is 10.0 Å². The van der Waals surface area contributed by atoms with E-state index in [0.717, 1.165) is 33.3 Å². The zero-order valence-corrected chi connectivity index (χ0v) is 18.7. The second-order valence-electron chi connectivity index (χ2n) is 7.46. The zero-order chi connectivity index (χ0) is 21.5. The van der Waals surface area contributed by atoms with E-state index in [4.69, 9.17) is 11.5 Å². The quantitative estimate of drug-likeness (QED) is 0.541. The van der Waals surface area contributed by atoms with E-state index in [1.165, 1.54) is 10.6 Å². The minimum Gasteiger partial charge on any atom is -0.366 e. The van der Waals surface area contributed by atoms with Crippen LogP contribution in [0.2, 0.25) is 0 Å². The van der Waals surface area contributed by atoms with Crippen molar-refractivity contribution < 1.29 is 13.2 Å². The maximum Gasteiger partial charge on any atom is 0.250 e. The lowest BCUT2D eigenvalue weighted by Crippen LogP contribution is -2.33. The summed E-state index contributed by atoms with van der Waals surface area (Å²) in [7, 11) is -3.22. The Kier molecular flexibility index (Phi) is 6.56. The van der Waals surface area contributed by atoms with E-state index >= 15 is 0 Å². The van der Waals surface area contributed by atoms with E-state index in [2.05, 4.69) is 4.98 Å². The van der Waals surface area contributed by atoms with Crippen molar-refractivity contribution in [2.45, 2.75) is 13.0 Å². The Hall–Kier alpha value is -2.65. The molecule has 0 radical (unpaired) electrons. The fraction of sp³-hybridized carbons (Fsp3) is 0.227. The number of nitrogens with one attached hydrogen (secondary N) is 1. The van der Waals surface area contributed by atoms with Gasteiger partial charge < -0.3 is 16.5 Å². The normalized spacial score (nSPS) is 14.8. The molecule has 3 aromatic rings. The number of primary amides is 1. The Balaban J connectivity index is 0.00000272. The summed E-state index contributed by atoms with van der Waals surface area (Å²) in [5.74, 6) is -0.507. The average Bonchev–Trinajstić information content (AvgIpc) is 3.17. The van der Waals surface area contributed by atoms with Crippen LogP contribution in [-0.2, 0) is 16.6 Å². The second kappa shape index (κ2) is 8.84. The lowest BCUT2D eigenvalue weighted by atomic mass is 9.95. The molecule has 1 aliphatic heterocycles. The van der Waals surface area contributed by atoms with Crippen LogP contribution < -0.4 is 11.5 Å². The molecule has 0 aliphatic carbocycles. The van der Waals surface area contributed by atoms with Gasteiger partial charge in [0.1, 0.15) is 0 Å². The van der Waals surface area contributed by atoms with Crippen LogP contribution in [0.5, 0.6) is 0 Å². The van der Waals surface area contributed by atoms with Gasteiger partial charge in [-0.25, -0.2) is 8.42 Å². The Labute approximate surface area is 187 Å². The standard InChI is InChI=1S/C22H24N4O3S.ClH/c1-30(28,29)26-10-8-14(9-11-26)20-12-19-17(16-5-3-2-4-15(16)13-23)6-7-18(22(24)27)21(19)25-20;/h2-8,12,25H,9-11,13,23H2,1H3,(H2,24,27);1H. The second-order valence-corrected chi connectivity index (χ2v) is 9.44. The first-order valence-corrected chi connectivity index (χ1v) is 11.5. The van der Waals surface area contributed by atoms with Gasteiger partial charge in [0, 0.05) is 30.7 Å². The van der Waals surface area contributed by atoms with Crippen LogP contribution in [0.1, 0.15) is 28.0 Å². The number of amides is 1. The fourth-order valence-electron chi connectivity index (χ4n) is 3.99. The summed E-state index contributed by atoms with van der Waals surface area (Å²) in [5, 5.41) is 0.883. The molecule has 0 unspecified atom stereocenters. The molecule has 9 heteroatoms. The van der Waals surface area contributed by atoms with Gasteiger partial charge in [-0.3, -0.25) is 4.79 Å². The third-order valence-electron chi connectivity index (χ3n) is 5.57. The Morgan fingerprint density at radius 1 is 1.16 bits per heavy atom. The highest BCUT2D eigenvalue weighted by Crippen LogP contribution is 2.35. The number of fused-ring (bicyclic) bond motifs is 1. The van der Waals surface area contributed by atoms with Gasteiger partial charge >= 0.3 is 0 Å². The molecule has 2 aromatic carbocycles. The van der Waals surface area contributed by atoms with Crippen LogP contribution >= 0.6 is 12.4 Å². The number of carbonyl (C=O) groups is 1. The van der Waals surface area contributed by atoms with Crippen molar-refractivity contribution in [1.82, 2.24) is 9.29 Å².